The Balaban J connectivity index is -0.000000384. The quantitative estimate of drug-likeness (QED) is 0.284. The molecule has 2 aliphatic carbocycles. The van der Waals surface area contributed by atoms with Gasteiger partial charge >= 0.3 is 26.2 Å². The predicted molar refractivity (Wildman–Crippen MR) is 123 cm³/mol. The van der Waals surface area contributed by atoms with Crippen molar-refractivity contribution in [2.75, 3.05) is 0 Å². The molecule has 0 spiro atoms. The molecule has 0 aromatic heterocycles. The number of hydrogen-bond acceptors (Lipinski definition) is 2. The normalized spacial score (nSPS) is 17.3. The van der Waals surface area contributed by atoms with E-state index in [2.05, 4.69) is 89.6 Å². The Morgan fingerprint density at radius 3 is 1.22 bits per heavy atom. The van der Waals surface area contributed by atoms with Crippen LogP contribution in [-0.2, 0) is 35.1 Å². The van der Waals surface area contributed by atoms with Gasteiger partial charge in [-0.1, -0.05) is 0 Å². The van der Waals surface area contributed by atoms with Gasteiger partial charge in [-0.25, -0.2) is 12.2 Å². The van der Waals surface area contributed by atoms with E-state index < -0.39 is 16.6 Å². The average molecular weight is 527 g/mol. The zero-order valence-electron chi connectivity index (χ0n) is 18.0. The average Bonchev–Trinajstić information content (AvgIpc) is 3.10. The van der Waals surface area contributed by atoms with Crippen LogP contribution in [0.2, 0.25) is 39.3 Å². The molecule has 0 radical (unpaired) electrons. The van der Waals surface area contributed by atoms with Gasteiger partial charge in [-0.3, -0.25) is 12.2 Å². The van der Waals surface area contributed by atoms with E-state index in [0.717, 1.165) is 12.8 Å². The maximum absolute atomic E-state index is 5.91. The second-order valence-corrected chi connectivity index (χ2v) is 17.1. The topological polar surface area (TPSA) is 18.5 Å². The molecule has 0 aliphatic heterocycles. The molecule has 27 heavy (non-hydrogen) atoms. The van der Waals surface area contributed by atoms with E-state index in [0.29, 0.717) is 0 Å². The van der Waals surface area contributed by atoms with Crippen molar-refractivity contribution in [3.63, 3.8) is 0 Å². The van der Waals surface area contributed by atoms with Crippen molar-refractivity contribution in [2.45, 2.75) is 78.2 Å². The van der Waals surface area contributed by atoms with Gasteiger partial charge in [0.2, 0.25) is 0 Å². The fourth-order valence-electron chi connectivity index (χ4n) is 2.59. The van der Waals surface area contributed by atoms with Gasteiger partial charge in [0.25, 0.3) is 0 Å². The van der Waals surface area contributed by atoms with Gasteiger partial charge in [-0.05, 0) is 53.1 Å². The molecule has 7 heteroatoms. The van der Waals surface area contributed by atoms with E-state index in [4.69, 9.17) is 8.85 Å². The van der Waals surface area contributed by atoms with E-state index >= 15 is 0 Å². The van der Waals surface area contributed by atoms with Crippen LogP contribution in [0.15, 0.2) is 35.5 Å². The Bertz CT molecular complexity index is 485. The van der Waals surface area contributed by atoms with E-state index in [1.54, 1.807) is 0 Å². The molecular weight excluding hydrogens is 491 g/mol. The van der Waals surface area contributed by atoms with Crippen LogP contribution in [0.25, 0.3) is 0 Å². The van der Waals surface area contributed by atoms with E-state index in [9.17, 15) is 0 Å². The minimum absolute atomic E-state index is 0. The van der Waals surface area contributed by atoms with Gasteiger partial charge in [0.05, 0.1) is 0 Å². The van der Waals surface area contributed by atoms with Gasteiger partial charge in [-0.15, -0.1) is 37.7 Å². The summed E-state index contributed by atoms with van der Waals surface area (Å²) in [6, 6.07) is 0. The van der Waals surface area contributed by atoms with Crippen LogP contribution >= 0.6 is 24.8 Å². The van der Waals surface area contributed by atoms with Crippen LogP contribution in [0.1, 0.15) is 26.7 Å². The zero-order chi connectivity index (χ0) is 18.4. The van der Waals surface area contributed by atoms with Gasteiger partial charge in [-0.2, -0.15) is 23.3 Å². The van der Waals surface area contributed by atoms with E-state index in [1.165, 1.54) is 11.1 Å². The molecule has 0 heterocycles. The molecule has 0 bridgehead atoms. The van der Waals surface area contributed by atoms with E-state index in [1.807, 2.05) is 0 Å². The SMILES string of the molecule is CC(O[Si](C)(C)C)C1=[C-]CC=C1.CC(O[Si](C)(C)C)C1=[C-]CC=C1.Cl.Cl.[Zr+2]. The van der Waals surface area contributed by atoms with Crippen molar-refractivity contribution < 1.29 is 35.1 Å². The Labute approximate surface area is 201 Å². The second kappa shape index (κ2) is 14.7. The van der Waals surface area contributed by atoms with Crippen molar-refractivity contribution in [1.29, 1.82) is 0 Å². The Morgan fingerprint density at radius 2 is 1.04 bits per heavy atom. The van der Waals surface area contributed by atoms with Crippen molar-refractivity contribution in [2.24, 2.45) is 0 Å². The first-order chi connectivity index (χ1) is 11.0. The zero-order valence-corrected chi connectivity index (χ0v) is 24.1. The summed E-state index contributed by atoms with van der Waals surface area (Å²) in [6.45, 7) is 17.5. The monoisotopic (exact) mass is 524 g/mol. The van der Waals surface area contributed by atoms with E-state index in [-0.39, 0.29) is 63.2 Å². The van der Waals surface area contributed by atoms with Crippen LogP contribution < -0.4 is 0 Å². The summed E-state index contributed by atoms with van der Waals surface area (Å²) in [5, 5.41) is 0. The molecule has 2 rings (SSSR count). The minimum atomic E-state index is -1.38. The van der Waals surface area contributed by atoms with Gasteiger partial charge in [0.1, 0.15) is 0 Å². The number of rotatable bonds is 6. The summed E-state index contributed by atoms with van der Waals surface area (Å²) < 4.78 is 11.8. The molecular formula is C20H36Cl2O2Si2Zr. The summed E-state index contributed by atoms with van der Waals surface area (Å²) in [5.41, 5.74) is 2.44. The summed E-state index contributed by atoms with van der Waals surface area (Å²) in [6.07, 6.45) is 17.4. The van der Waals surface area contributed by atoms with Gasteiger partial charge < -0.3 is 8.85 Å². The standard InChI is InChI=1S/2C10H17OSi.2ClH.Zr/c2*1-9(11-12(2,3)4)10-7-5-6-8-10;;;/h2*5,7,9H,6H2,1-4H3;2*1H;/q2*-1;;;+2. The second-order valence-electron chi connectivity index (χ2n) is 8.22. The molecule has 0 amide bonds. The summed E-state index contributed by atoms with van der Waals surface area (Å²) in [7, 11) is -2.77. The minimum Gasteiger partial charge on any atom is -0.414 e. The molecule has 0 aromatic rings. The fraction of sp³-hybridized carbons (Fsp3) is 0.600. The largest absolute Gasteiger partial charge is 2.00 e. The molecule has 154 valence electrons. The summed E-state index contributed by atoms with van der Waals surface area (Å²) in [5.74, 6) is 0. The summed E-state index contributed by atoms with van der Waals surface area (Å²) >= 11 is 0. The summed E-state index contributed by atoms with van der Waals surface area (Å²) in [4.78, 5) is 0. The van der Waals surface area contributed by atoms with Crippen molar-refractivity contribution >= 4 is 41.4 Å². The van der Waals surface area contributed by atoms with Crippen molar-refractivity contribution in [3.8, 4) is 0 Å². The third kappa shape index (κ3) is 15.3. The van der Waals surface area contributed by atoms with Crippen LogP contribution in [-0.4, -0.2) is 28.8 Å². The third-order valence-corrected chi connectivity index (χ3v) is 5.50. The van der Waals surface area contributed by atoms with Gasteiger partial charge in [0, 0.05) is 12.2 Å². The Morgan fingerprint density at radius 1 is 0.741 bits per heavy atom. The molecule has 2 unspecified atom stereocenters. The first-order valence-electron chi connectivity index (χ1n) is 8.88. The number of allylic oxidation sites excluding steroid dienone is 4. The molecule has 2 nitrogen and oxygen atoms in total. The van der Waals surface area contributed by atoms with Crippen molar-refractivity contribution in [3.05, 3.63) is 47.6 Å². The predicted octanol–water partition coefficient (Wildman–Crippen LogP) is 6.67. The molecule has 0 aromatic carbocycles. The molecule has 0 saturated heterocycles. The maximum atomic E-state index is 5.91. The van der Waals surface area contributed by atoms with Gasteiger partial charge in [0.15, 0.2) is 16.6 Å². The van der Waals surface area contributed by atoms with Crippen LogP contribution in [0.4, 0.5) is 0 Å². The molecule has 0 saturated carbocycles. The molecule has 2 atom stereocenters. The molecule has 0 N–H and O–H groups in total. The third-order valence-electron chi connectivity index (χ3n) is 3.38. The first-order valence-corrected chi connectivity index (χ1v) is 15.7. The van der Waals surface area contributed by atoms with Crippen LogP contribution in [0.5, 0.6) is 0 Å². The number of halogens is 2. The first kappa shape index (κ1) is 32.4. The number of hydrogen-bond donors (Lipinski definition) is 0. The van der Waals surface area contributed by atoms with Crippen LogP contribution in [0.3, 0.4) is 0 Å². The Hall–Kier alpha value is 0.777. The van der Waals surface area contributed by atoms with Crippen molar-refractivity contribution in [1.82, 2.24) is 0 Å². The fourth-order valence-corrected chi connectivity index (χ4v) is 4.96. The molecule has 0 fully saturated rings. The smallest absolute Gasteiger partial charge is 0.414 e. The molecule has 2 aliphatic rings. The maximum Gasteiger partial charge on any atom is 2.00 e. The van der Waals surface area contributed by atoms with Crippen LogP contribution in [0, 0.1) is 12.2 Å². The Kier molecular flexibility index (Phi) is 17.7.